The summed E-state index contributed by atoms with van der Waals surface area (Å²) in [6.45, 7) is 4.80. The van der Waals surface area contributed by atoms with Crippen molar-refractivity contribution in [3.05, 3.63) is 36.5 Å². The third-order valence-corrected chi connectivity index (χ3v) is 10.9. The van der Waals surface area contributed by atoms with Crippen LogP contribution < -0.4 is 5.32 Å². The van der Waals surface area contributed by atoms with Crippen molar-refractivity contribution in [1.82, 2.24) is 5.32 Å². The Labute approximate surface area is 347 Å². The molecule has 328 valence electrons. The van der Waals surface area contributed by atoms with Gasteiger partial charge in [0.2, 0.25) is 5.91 Å². The molecule has 0 bridgehead atoms. The molecule has 0 radical (unpaired) electrons. The van der Waals surface area contributed by atoms with E-state index in [1.807, 2.05) is 6.08 Å². The molecule has 0 heterocycles. The fourth-order valence-corrected chi connectivity index (χ4v) is 7.12. The molecule has 0 aliphatic carbocycles. The lowest BCUT2D eigenvalue weighted by Crippen LogP contribution is -2.45. The number of carbonyl (C=O) groups excluding carboxylic acids is 2. The van der Waals surface area contributed by atoms with Crippen molar-refractivity contribution in [3.63, 3.8) is 0 Å². The monoisotopic (exact) mass is 788 g/mol. The van der Waals surface area contributed by atoms with Gasteiger partial charge in [0, 0.05) is 12.8 Å². The molecule has 0 saturated carbocycles. The van der Waals surface area contributed by atoms with Crippen LogP contribution in [0.25, 0.3) is 0 Å². The highest BCUT2D eigenvalue weighted by atomic mass is 16.5. The maximum atomic E-state index is 12.4. The third-order valence-electron chi connectivity index (χ3n) is 10.9. The van der Waals surface area contributed by atoms with Gasteiger partial charge < -0.3 is 20.3 Å². The largest absolute Gasteiger partial charge is 0.466 e. The average Bonchev–Trinajstić information content (AvgIpc) is 3.20. The number of aliphatic hydroxyl groups is 2. The van der Waals surface area contributed by atoms with Crippen molar-refractivity contribution in [2.75, 3.05) is 13.2 Å². The number of allylic oxidation sites excluding steroid dienone is 5. The molecule has 6 heteroatoms. The number of aliphatic hydroxyl groups excluding tert-OH is 2. The van der Waals surface area contributed by atoms with Crippen LogP contribution in [0.3, 0.4) is 0 Å². The Kier molecular flexibility index (Phi) is 44.2. The van der Waals surface area contributed by atoms with Crippen LogP contribution in [0.15, 0.2) is 36.5 Å². The fourth-order valence-electron chi connectivity index (χ4n) is 7.12. The van der Waals surface area contributed by atoms with Crippen LogP contribution in [0.5, 0.6) is 0 Å². The van der Waals surface area contributed by atoms with E-state index < -0.39 is 12.1 Å². The zero-order valence-electron chi connectivity index (χ0n) is 37.1. The van der Waals surface area contributed by atoms with Gasteiger partial charge in [-0.3, -0.25) is 9.59 Å². The van der Waals surface area contributed by atoms with Crippen LogP contribution >= 0.6 is 0 Å². The molecule has 0 aromatic rings. The number of unbranched alkanes of at least 4 members (excludes halogenated alkanes) is 29. The summed E-state index contributed by atoms with van der Waals surface area (Å²) in [4.78, 5) is 24.4. The zero-order chi connectivity index (χ0) is 40.8. The van der Waals surface area contributed by atoms with E-state index in [0.717, 1.165) is 70.6 Å². The van der Waals surface area contributed by atoms with E-state index in [4.69, 9.17) is 4.74 Å². The molecule has 0 aliphatic rings. The van der Waals surface area contributed by atoms with Gasteiger partial charge in [-0.15, -0.1) is 0 Å². The molecule has 1 amide bonds. The lowest BCUT2D eigenvalue weighted by atomic mass is 10.0. The van der Waals surface area contributed by atoms with E-state index in [1.54, 1.807) is 6.08 Å². The summed E-state index contributed by atoms with van der Waals surface area (Å²) in [6.07, 6.45) is 54.1. The van der Waals surface area contributed by atoms with Crippen LogP contribution in [0.1, 0.15) is 245 Å². The highest BCUT2D eigenvalue weighted by molar-refractivity contribution is 5.76. The highest BCUT2D eigenvalue weighted by Crippen LogP contribution is 2.15. The third kappa shape index (κ3) is 41.7. The molecule has 0 saturated heterocycles. The SMILES string of the molecule is CCCC/C=C\C/C=C\CCCCCCCC(=O)OCCCCCCCCCCCCCCC(=O)NC(CO)C(O)/C=C/CCCCCCCCCCCCC. The number of ether oxygens (including phenoxy) is 1. The fraction of sp³-hybridized carbons (Fsp3) is 0.840. The van der Waals surface area contributed by atoms with Gasteiger partial charge in [0.05, 0.1) is 25.4 Å². The maximum absolute atomic E-state index is 12.4. The maximum Gasteiger partial charge on any atom is 0.305 e. The minimum absolute atomic E-state index is 0.0263. The van der Waals surface area contributed by atoms with E-state index in [0.29, 0.717) is 19.4 Å². The van der Waals surface area contributed by atoms with Crippen molar-refractivity contribution in [2.45, 2.75) is 257 Å². The van der Waals surface area contributed by atoms with Crippen LogP contribution in [0.4, 0.5) is 0 Å². The molecule has 2 unspecified atom stereocenters. The molecule has 0 aromatic carbocycles. The van der Waals surface area contributed by atoms with Gasteiger partial charge in [0.15, 0.2) is 0 Å². The second kappa shape index (κ2) is 45.8. The minimum atomic E-state index is -0.854. The van der Waals surface area contributed by atoms with E-state index >= 15 is 0 Å². The Bertz CT molecular complexity index is 915. The van der Waals surface area contributed by atoms with Crippen LogP contribution in [0, 0.1) is 0 Å². The van der Waals surface area contributed by atoms with E-state index in [2.05, 4.69) is 43.5 Å². The Morgan fingerprint density at radius 3 is 1.41 bits per heavy atom. The summed E-state index contributed by atoms with van der Waals surface area (Å²) in [5.41, 5.74) is 0. The summed E-state index contributed by atoms with van der Waals surface area (Å²) in [7, 11) is 0. The lowest BCUT2D eigenvalue weighted by Gasteiger charge is -2.20. The number of amides is 1. The first kappa shape index (κ1) is 54.1. The standard InChI is InChI=1S/C50H93NO5/c1-3-5-7-9-11-13-15-17-19-24-28-32-36-40-44-50(55)56-45-41-37-33-29-25-21-20-23-27-31-35-39-43-49(54)51-47(46-52)48(53)42-38-34-30-26-22-18-16-14-12-10-8-6-4-2/h9,11,15,17,38,42,47-48,52-53H,3-8,10,12-14,16,18-37,39-41,43-46H2,1-2H3,(H,51,54)/b11-9-,17-15-,42-38+. The predicted octanol–water partition coefficient (Wildman–Crippen LogP) is 14.1. The molecule has 56 heavy (non-hydrogen) atoms. The van der Waals surface area contributed by atoms with Gasteiger partial charge in [-0.1, -0.05) is 211 Å². The van der Waals surface area contributed by atoms with Crippen molar-refractivity contribution >= 4 is 11.9 Å². The number of hydrogen-bond donors (Lipinski definition) is 3. The summed E-state index contributed by atoms with van der Waals surface area (Å²) in [5.74, 6) is -0.112. The molecule has 0 rings (SSSR count). The van der Waals surface area contributed by atoms with Gasteiger partial charge in [0.25, 0.3) is 0 Å². The predicted molar refractivity (Wildman–Crippen MR) is 241 cm³/mol. The number of hydrogen-bond acceptors (Lipinski definition) is 5. The highest BCUT2D eigenvalue weighted by Gasteiger charge is 2.18. The van der Waals surface area contributed by atoms with Crippen LogP contribution in [0.2, 0.25) is 0 Å². The molecule has 0 aliphatic heterocycles. The van der Waals surface area contributed by atoms with E-state index in [9.17, 15) is 19.8 Å². The summed E-state index contributed by atoms with van der Waals surface area (Å²) >= 11 is 0. The normalized spacial score (nSPS) is 13.0. The summed E-state index contributed by atoms with van der Waals surface area (Å²) in [6, 6.07) is -0.639. The van der Waals surface area contributed by atoms with Gasteiger partial charge >= 0.3 is 5.97 Å². The Morgan fingerprint density at radius 2 is 0.911 bits per heavy atom. The van der Waals surface area contributed by atoms with E-state index in [-0.39, 0.29) is 18.5 Å². The van der Waals surface area contributed by atoms with Crippen molar-refractivity contribution in [2.24, 2.45) is 0 Å². The van der Waals surface area contributed by atoms with Gasteiger partial charge in [-0.05, 0) is 57.8 Å². The molecule has 6 nitrogen and oxygen atoms in total. The molecule has 3 N–H and O–H groups in total. The Balaban J connectivity index is 3.51. The van der Waals surface area contributed by atoms with Gasteiger partial charge in [-0.2, -0.15) is 0 Å². The second-order valence-electron chi connectivity index (χ2n) is 16.4. The molecule has 0 aromatic heterocycles. The second-order valence-corrected chi connectivity index (χ2v) is 16.4. The Morgan fingerprint density at radius 1 is 0.500 bits per heavy atom. The summed E-state index contributed by atoms with van der Waals surface area (Å²) in [5, 5.41) is 23.0. The number of rotatable bonds is 44. The number of carbonyl (C=O) groups is 2. The molecular formula is C50H93NO5. The average molecular weight is 788 g/mol. The quantitative estimate of drug-likeness (QED) is 0.0325. The lowest BCUT2D eigenvalue weighted by molar-refractivity contribution is -0.143. The van der Waals surface area contributed by atoms with Crippen molar-refractivity contribution in [3.8, 4) is 0 Å². The molecule has 0 spiro atoms. The number of nitrogens with one attached hydrogen (secondary N) is 1. The first-order chi connectivity index (χ1) is 27.5. The van der Waals surface area contributed by atoms with Gasteiger partial charge in [0.1, 0.15) is 0 Å². The van der Waals surface area contributed by atoms with Crippen LogP contribution in [-0.4, -0.2) is 47.4 Å². The smallest absolute Gasteiger partial charge is 0.305 e. The van der Waals surface area contributed by atoms with Gasteiger partial charge in [-0.25, -0.2) is 0 Å². The minimum Gasteiger partial charge on any atom is -0.466 e. The molecule has 0 fully saturated rings. The van der Waals surface area contributed by atoms with E-state index in [1.165, 1.54) is 148 Å². The summed E-state index contributed by atoms with van der Waals surface area (Å²) < 4.78 is 5.44. The van der Waals surface area contributed by atoms with Crippen molar-refractivity contribution in [1.29, 1.82) is 0 Å². The first-order valence-corrected chi connectivity index (χ1v) is 24.3. The van der Waals surface area contributed by atoms with Crippen LogP contribution in [-0.2, 0) is 14.3 Å². The Hall–Kier alpha value is -1.92. The molecule has 2 atom stereocenters. The zero-order valence-corrected chi connectivity index (χ0v) is 37.1. The molecular weight excluding hydrogens is 695 g/mol. The first-order valence-electron chi connectivity index (χ1n) is 24.3. The van der Waals surface area contributed by atoms with Crippen molar-refractivity contribution < 1.29 is 24.5 Å². The topological polar surface area (TPSA) is 95.9 Å². The number of esters is 1.